The Kier molecular flexibility index (Phi) is 4.10. The van der Waals surface area contributed by atoms with Gasteiger partial charge in [-0.2, -0.15) is 0 Å². The Morgan fingerprint density at radius 2 is 2.22 bits per heavy atom. The number of nitrogens with zero attached hydrogens (tertiary/aromatic N) is 1. The second kappa shape index (κ2) is 5.78. The van der Waals surface area contributed by atoms with Crippen molar-refractivity contribution in [3.63, 3.8) is 0 Å². The van der Waals surface area contributed by atoms with Gasteiger partial charge >= 0.3 is 0 Å². The van der Waals surface area contributed by atoms with Crippen molar-refractivity contribution < 1.29 is 4.39 Å². The Bertz CT molecular complexity index is 505. The minimum atomic E-state index is -0.208. The van der Waals surface area contributed by atoms with Crippen LogP contribution in [0, 0.1) is 5.82 Å². The van der Waals surface area contributed by atoms with Gasteiger partial charge in [-0.15, -0.1) is 0 Å². The Morgan fingerprint density at radius 1 is 1.39 bits per heavy atom. The highest BCUT2D eigenvalue weighted by Crippen LogP contribution is 2.08. The fourth-order valence-corrected chi connectivity index (χ4v) is 1.74. The van der Waals surface area contributed by atoms with E-state index in [4.69, 9.17) is 0 Å². The zero-order valence-corrected chi connectivity index (χ0v) is 10.7. The molecule has 4 heteroatoms. The summed E-state index contributed by atoms with van der Waals surface area (Å²) in [6.45, 7) is 4.97. The lowest BCUT2D eigenvalue weighted by Crippen LogP contribution is -2.21. The smallest absolute Gasteiger partial charge is 0.123 e. The first-order valence-electron chi connectivity index (χ1n) is 6.14. The van der Waals surface area contributed by atoms with E-state index in [0.29, 0.717) is 12.5 Å². The molecular formula is C14H18FN3. The van der Waals surface area contributed by atoms with E-state index in [0.717, 1.165) is 23.6 Å². The normalized spacial score (nSPS) is 11.1. The van der Waals surface area contributed by atoms with Crippen LogP contribution in [0.2, 0.25) is 0 Å². The molecule has 18 heavy (non-hydrogen) atoms. The third-order valence-electron chi connectivity index (χ3n) is 2.64. The van der Waals surface area contributed by atoms with Crippen LogP contribution in [0.15, 0.2) is 30.5 Å². The maximum absolute atomic E-state index is 13.0. The van der Waals surface area contributed by atoms with Crippen molar-refractivity contribution >= 4 is 0 Å². The molecule has 2 N–H and O–H groups in total. The zero-order valence-electron chi connectivity index (χ0n) is 10.7. The molecule has 1 heterocycles. The number of imidazole rings is 1. The largest absolute Gasteiger partial charge is 0.345 e. The molecule has 1 aromatic carbocycles. The van der Waals surface area contributed by atoms with E-state index in [9.17, 15) is 4.39 Å². The summed E-state index contributed by atoms with van der Waals surface area (Å²) in [4.78, 5) is 7.54. The van der Waals surface area contributed by atoms with E-state index >= 15 is 0 Å². The highest BCUT2D eigenvalue weighted by molar-refractivity contribution is 5.20. The minimum absolute atomic E-state index is 0.208. The zero-order chi connectivity index (χ0) is 13.0. The number of hydrogen-bond acceptors (Lipinski definition) is 2. The monoisotopic (exact) mass is 247 g/mol. The fourth-order valence-electron chi connectivity index (χ4n) is 1.74. The van der Waals surface area contributed by atoms with Crippen molar-refractivity contribution in [2.75, 3.05) is 0 Å². The van der Waals surface area contributed by atoms with E-state index in [2.05, 4.69) is 29.1 Å². The average molecular weight is 247 g/mol. The van der Waals surface area contributed by atoms with Gasteiger partial charge in [0, 0.05) is 30.9 Å². The SMILES string of the molecule is CC(C)NCc1cnc(Cc2cccc(F)c2)[nH]1. The van der Waals surface area contributed by atoms with Gasteiger partial charge in [-0.1, -0.05) is 26.0 Å². The van der Waals surface area contributed by atoms with Gasteiger partial charge in [0.15, 0.2) is 0 Å². The summed E-state index contributed by atoms with van der Waals surface area (Å²) < 4.78 is 13.0. The summed E-state index contributed by atoms with van der Waals surface area (Å²) in [5.41, 5.74) is 1.97. The van der Waals surface area contributed by atoms with Crippen molar-refractivity contribution in [2.24, 2.45) is 0 Å². The van der Waals surface area contributed by atoms with Gasteiger partial charge in [0.2, 0.25) is 0 Å². The summed E-state index contributed by atoms with van der Waals surface area (Å²) in [7, 11) is 0. The summed E-state index contributed by atoms with van der Waals surface area (Å²) in [5.74, 6) is 0.655. The fraction of sp³-hybridized carbons (Fsp3) is 0.357. The maximum atomic E-state index is 13.0. The second-order valence-corrected chi connectivity index (χ2v) is 4.70. The quantitative estimate of drug-likeness (QED) is 0.852. The van der Waals surface area contributed by atoms with E-state index in [-0.39, 0.29) is 5.82 Å². The van der Waals surface area contributed by atoms with Crippen LogP contribution >= 0.6 is 0 Å². The number of halogens is 1. The molecule has 0 amide bonds. The lowest BCUT2D eigenvalue weighted by molar-refractivity contribution is 0.582. The highest BCUT2D eigenvalue weighted by Gasteiger charge is 2.03. The van der Waals surface area contributed by atoms with Crippen molar-refractivity contribution in [1.82, 2.24) is 15.3 Å². The van der Waals surface area contributed by atoms with Crippen LogP contribution < -0.4 is 5.32 Å². The second-order valence-electron chi connectivity index (χ2n) is 4.70. The van der Waals surface area contributed by atoms with E-state index < -0.39 is 0 Å². The van der Waals surface area contributed by atoms with Crippen molar-refractivity contribution in [2.45, 2.75) is 32.9 Å². The molecule has 0 saturated heterocycles. The molecule has 0 aliphatic heterocycles. The number of nitrogens with one attached hydrogen (secondary N) is 2. The molecule has 0 radical (unpaired) electrons. The number of benzene rings is 1. The van der Waals surface area contributed by atoms with E-state index in [1.807, 2.05) is 12.3 Å². The Balaban J connectivity index is 1.98. The molecule has 0 saturated carbocycles. The molecule has 3 nitrogen and oxygen atoms in total. The van der Waals surface area contributed by atoms with Crippen molar-refractivity contribution in [1.29, 1.82) is 0 Å². The Morgan fingerprint density at radius 3 is 2.94 bits per heavy atom. The van der Waals surface area contributed by atoms with Crippen LogP contribution in [0.5, 0.6) is 0 Å². The van der Waals surface area contributed by atoms with Gasteiger partial charge in [0.1, 0.15) is 11.6 Å². The molecular weight excluding hydrogens is 229 g/mol. The van der Waals surface area contributed by atoms with Gasteiger partial charge in [-0.3, -0.25) is 0 Å². The van der Waals surface area contributed by atoms with Crippen LogP contribution in [-0.4, -0.2) is 16.0 Å². The molecule has 0 spiro atoms. The summed E-state index contributed by atoms with van der Waals surface area (Å²) >= 11 is 0. The number of H-pyrrole nitrogens is 1. The highest BCUT2D eigenvalue weighted by atomic mass is 19.1. The van der Waals surface area contributed by atoms with Crippen LogP contribution in [0.1, 0.15) is 30.9 Å². The molecule has 0 fully saturated rings. The first-order valence-corrected chi connectivity index (χ1v) is 6.14. The predicted octanol–water partition coefficient (Wildman–Crippen LogP) is 2.64. The van der Waals surface area contributed by atoms with Crippen LogP contribution in [-0.2, 0) is 13.0 Å². The molecule has 0 unspecified atom stereocenters. The predicted molar refractivity (Wildman–Crippen MR) is 69.8 cm³/mol. The Labute approximate surface area is 106 Å². The molecule has 2 aromatic rings. The number of aromatic amines is 1. The lowest BCUT2D eigenvalue weighted by atomic mass is 10.1. The maximum Gasteiger partial charge on any atom is 0.123 e. The molecule has 0 atom stereocenters. The van der Waals surface area contributed by atoms with E-state index in [1.54, 1.807) is 6.07 Å². The third kappa shape index (κ3) is 3.67. The minimum Gasteiger partial charge on any atom is -0.345 e. The van der Waals surface area contributed by atoms with Crippen LogP contribution in [0.25, 0.3) is 0 Å². The Hall–Kier alpha value is -1.68. The molecule has 0 aliphatic carbocycles. The summed E-state index contributed by atoms with van der Waals surface area (Å²) in [6, 6.07) is 7.05. The van der Waals surface area contributed by atoms with Crippen LogP contribution in [0.3, 0.4) is 0 Å². The van der Waals surface area contributed by atoms with Crippen molar-refractivity contribution in [3.8, 4) is 0 Å². The molecule has 1 aromatic heterocycles. The number of aromatic nitrogens is 2. The van der Waals surface area contributed by atoms with Crippen LogP contribution in [0.4, 0.5) is 4.39 Å². The molecule has 96 valence electrons. The standard InChI is InChI=1S/C14H18FN3/c1-10(2)16-8-13-9-17-14(18-13)7-11-4-3-5-12(15)6-11/h3-6,9-10,16H,7-8H2,1-2H3,(H,17,18). The first-order chi connectivity index (χ1) is 8.63. The van der Waals surface area contributed by atoms with Gasteiger partial charge in [0.05, 0.1) is 0 Å². The average Bonchev–Trinajstić information content (AvgIpc) is 2.74. The summed E-state index contributed by atoms with van der Waals surface area (Å²) in [6.07, 6.45) is 2.45. The number of rotatable bonds is 5. The number of hydrogen-bond donors (Lipinski definition) is 2. The van der Waals surface area contributed by atoms with Crippen molar-refractivity contribution in [3.05, 3.63) is 53.4 Å². The molecule has 0 bridgehead atoms. The third-order valence-corrected chi connectivity index (χ3v) is 2.64. The lowest BCUT2D eigenvalue weighted by Gasteiger charge is -2.05. The van der Waals surface area contributed by atoms with Gasteiger partial charge in [0.25, 0.3) is 0 Å². The van der Waals surface area contributed by atoms with Gasteiger partial charge in [-0.05, 0) is 17.7 Å². The first kappa shape index (κ1) is 12.8. The summed E-state index contributed by atoms with van der Waals surface area (Å²) in [5, 5.41) is 3.32. The molecule has 2 rings (SSSR count). The van der Waals surface area contributed by atoms with Gasteiger partial charge in [-0.25, -0.2) is 9.37 Å². The van der Waals surface area contributed by atoms with E-state index in [1.165, 1.54) is 12.1 Å². The van der Waals surface area contributed by atoms with Gasteiger partial charge < -0.3 is 10.3 Å². The molecule has 0 aliphatic rings. The topological polar surface area (TPSA) is 40.7 Å².